The molecule has 8 heteroatoms. The van der Waals surface area contributed by atoms with Gasteiger partial charge in [0, 0.05) is 30.3 Å². The van der Waals surface area contributed by atoms with Crippen molar-refractivity contribution < 1.29 is 24.6 Å². The number of nitro benzene ring substituents is 1. The van der Waals surface area contributed by atoms with Crippen LogP contribution >= 0.6 is 0 Å². The normalized spacial score (nSPS) is 34.8. The molecule has 3 aliphatic carbocycles. The fraction of sp³-hybridized carbons (Fsp3) is 0.556. The Morgan fingerprint density at radius 3 is 2.86 bits per heavy atom. The summed E-state index contributed by atoms with van der Waals surface area (Å²) in [6.07, 6.45) is 4.63. The third kappa shape index (κ3) is 2.96. The second-order valence-corrected chi connectivity index (χ2v) is 11.1. The number of piperidine rings is 1. The summed E-state index contributed by atoms with van der Waals surface area (Å²) in [7, 11) is 0. The Morgan fingerprint density at radius 1 is 1.20 bits per heavy atom. The van der Waals surface area contributed by atoms with Crippen LogP contribution < -0.4 is 4.74 Å². The summed E-state index contributed by atoms with van der Waals surface area (Å²) in [6, 6.07) is 10.3. The smallest absolute Gasteiger partial charge is 0.269 e. The third-order valence-electron chi connectivity index (χ3n) is 9.29. The largest absolute Gasteiger partial charge is 0.504 e. The van der Waals surface area contributed by atoms with Crippen molar-refractivity contribution in [2.45, 2.75) is 74.4 Å². The number of hydrogen-bond acceptors (Lipinski definition) is 7. The highest BCUT2D eigenvalue weighted by molar-refractivity contribution is 5.62. The molecular weight excluding hydrogens is 448 g/mol. The zero-order valence-corrected chi connectivity index (χ0v) is 19.6. The van der Waals surface area contributed by atoms with Crippen molar-refractivity contribution in [3.8, 4) is 11.5 Å². The first-order chi connectivity index (χ1) is 16.9. The lowest BCUT2D eigenvalue weighted by Gasteiger charge is -2.64. The second-order valence-electron chi connectivity index (χ2n) is 11.1. The van der Waals surface area contributed by atoms with Gasteiger partial charge < -0.3 is 19.7 Å². The highest BCUT2D eigenvalue weighted by Gasteiger charge is 2.73. The predicted octanol–water partition coefficient (Wildman–Crippen LogP) is 3.45. The van der Waals surface area contributed by atoms with Gasteiger partial charge in [0.15, 0.2) is 11.5 Å². The molecule has 184 valence electrons. The first kappa shape index (κ1) is 21.6. The molecule has 35 heavy (non-hydrogen) atoms. The van der Waals surface area contributed by atoms with E-state index in [2.05, 4.69) is 4.90 Å². The highest BCUT2D eigenvalue weighted by Crippen LogP contribution is 2.65. The molecule has 2 N–H and O–H groups in total. The van der Waals surface area contributed by atoms with Crippen LogP contribution in [0.25, 0.3) is 0 Å². The van der Waals surface area contributed by atoms with Crippen LogP contribution in [0.2, 0.25) is 0 Å². The van der Waals surface area contributed by atoms with Gasteiger partial charge in [-0.3, -0.25) is 15.0 Å². The molecule has 7 rings (SSSR count). The number of nitrogens with zero attached hydrogens (tertiary/aromatic N) is 2. The van der Waals surface area contributed by atoms with Crippen molar-refractivity contribution in [1.29, 1.82) is 0 Å². The summed E-state index contributed by atoms with van der Waals surface area (Å²) in [6.45, 7) is 2.17. The van der Waals surface area contributed by atoms with E-state index >= 15 is 0 Å². The Hall–Kier alpha value is -2.68. The molecule has 3 fully saturated rings. The summed E-state index contributed by atoms with van der Waals surface area (Å²) >= 11 is 0. The molecule has 5 atom stereocenters. The molecule has 0 radical (unpaired) electrons. The molecule has 8 nitrogen and oxygen atoms in total. The third-order valence-corrected chi connectivity index (χ3v) is 9.29. The fourth-order valence-corrected chi connectivity index (χ4v) is 7.57. The molecular formula is C27H30N2O6. The Balaban J connectivity index is 1.24. The van der Waals surface area contributed by atoms with Crippen molar-refractivity contribution in [2.24, 2.45) is 5.92 Å². The highest BCUT2D eigenvalue weighted by atomic mass is 16.6. The molecule has 2 saturated carbocycles. The average molecular weight is 479 g/mol. The number of hydrogen-bond donors (Lipinski definition) is 2. The summed E-state index contributed by atoms with van der Waals surface area (Å²) in [5, 5.41) is 34.4. The molecule has 1 spiro atoms. The van der Waals surface area contributed by atoms with Gasteiger partial charge in [-0.25, -0.2) is 0 Å². The van der Waals surface area contributed by atoms with Gasteiger partial charge in [0.2, 0.25) is 0 Å². The minimum Gasteiger partial charge on any atom is -0.504 e. The predicted molar refractivity (Wildman–Crippen MR) is 126 cm³/mol. The Kier molecular flexibility index (Phi) is 4.57. The number of likely N-dealkylation sites (tertiary alicyclic amines) is 1. The van der Waals surface area contributed by atoms with E-state index in [0.29, 0.717) is 18.6 Å². The van der Waals surface area contributed by atoms with Gasteiger partial charge in [-0.15, -0.1) is 0 Å². The molecule has 5 aliphatic rings. The standard InChI is InChI=1S/C27H30N2O6/c30-20-7-6-18-13-22-27(31)9-8-21(34-15-17-2-1-3-19(12-17)29(32)33)25-26(27,23(18)24(20)35-25)10-11-28(22)14-16-4-5-16/h1-3,6-7,12,16,21-22,25,30-31H,4-5,8-11,13-15H2/t21-,22-,25+,26+,27-/m1/s1. The number of nitro groups is 1. The van der Waals surface area contributed by atoms with Crippen molar-refractivity contribution >= 4 is 5.69 Å². The topological polar surface area (TPSA) is 105 Å². The van der Waals surface area contributed by atoms with E-state index in [1.54, 1.807) is 18.2 Å². The van der Waals surface area contributed by atoms with Crippen molar-refractivity contribution in [1.82, 2.24) is 4.90 Å². The van der Waals surface area contributed by atoms with Crippen LogP contribution in [0, 0.1) is 16.0 Å². The van der Waals surface area contributed by atoms with Crippen molar-refractivity contribution in [2.75, 3.05) is 13.1 Å². The van der Waals surface area contributed by atoms with Gasteiger partial charge in [-0.1, -0.05) is 18.2 Å². The van der Waals surface area contributed by atoms with Crippen LogP contribution in [0.4, 0.5) is 5.69 Å². The zero-order valence-electron chi connectivity index (χ0n) is 19.6. The van der Waals surface area contributed by atoms with E-state index in [4.69, 9.17) is 9.47 Å². The van der Waals surface area contributed by atoms with Crippen molar-refractivity contribution in [3.63, 3.8) is 0 Å². The number of aromatic hydroxyl groups is 1. The minimum atomic E-state index is -0.942. The zero-order chi connectivity index (χ0) is 23.9. The first-order valence-electron chi connectivity index (χ1n) is 12.7. The van der Waals surface area contributed by atoms with Gasteiger partial charge in [-0.05, 0) is 68.2 Å². The first-order valence-corrected chi connectivity index (χ1v) is 12.7. The summed E-state index contributed by atoms with van der Waals surface area (Å²) < 4.78 is 12.9. The molecule has 2 aromatic rings. The fourth-order valence-electron chi connectivity index (χ4n) is 7.57. The Morgan fingerprint density at radius 2 is 2.06 bits per heavy atom. The van der Waals surface area contributed by atoms with Crippen LogP contribution in [0.5, 0.6) is 11.5 Å². The van der Waals surface area contributed by atoms with E-state index in [0.717, 1.165) is 48.5 Å². The average Bonchev–Trinajstić information content (AvgIpc) is 3.59. The van der Waals surface area contributed by atoms with Crippen LogP contribution in [0.15, 0.2) is 36.4 Å². The van der Waals surface area contributed by atoms with Gasteiger partial charge >= 0.3 is 0 Å². The number of non-ortho nitro benzene ring substituents is 1. The quantitative estimate of drug-likeness (QED) is 0.484. The molecule has 2 aromatic carbocycles. The number of phenolic OH excluding ortho intramolecular Hbond substituents is 1. The summed E-state index contributed by atoms with van der Waals surface area (Å²) in [5.74, 6) is 1.37. The lowest BCUT2D eigenvalue weighted by molar-refractivity contribution is -0.385. The number of aliphatic hydroxyl groups is 1. The lowest BCUT2D eigenvalue weighted by Crippen LogP contribution is -2.77. The Bertz CT molecular complexity index is 1210. The maximum atomic E-state index is 12.5. The molecule has 2 bridgehead atoms. The van der Waals surface area contributed by atoms with Gasteiger partial charge in [0.25, 0.3) is 5.69 Å². The van der Waals surface area contributed by atoms with E-state index < -0.39 is 22.0 Å². The van der Waals surface area contributed by atoms with Crippen LogP contribution in [0.3, 0.4) is 0 Å². The summed E-state index contributed by atoms with van der Waals surface area (Å²) in [5.41, 5.74) is 1.36. The van der Waals surface area contributed by atoms with Crippen LogP contribution in [-0.2, 0) is 23.2 Å². The SMILES string of the molecule is O=[N+]([O-])c1cccc(CO[C@@H]2CC[C@@]3(O)[C@H]4Cc5ccc(O)c6c5[C@@]3(CCN4CC3CC3)[C@H]2O6)c1. The van der Waals surface area contributed by atoms with Gasteiger partial charge in [0.1, 0.15) is 6.10 Å². The van der Waals surface area contributed by atoms with Crippen LogP contribution in [0.1, 0.15) is 48.8 Å². The maximum Gasteiger partial charge on any atom is 0.269 e. The molecule has 0 amide bonds. The number of benzene rings is 2. The molecule has 0 aromatic heterocycles. The van der Waals surface area contributed by atoms with Gasteiger partial charge in [0.05, 0.1) is 28.7 Å². The van der Waals surface area contributed by atoms with Crippen molar-refractivity contribution in [3.05, 3.63) is 63.2 Å². The Labute approximate surface area is 203 Å². The van der Waals surface area contributed by atoms with E-state index in [1.807, 2.05) is 12.1 Å². The summed E-state index contributed by atoms with van der Waals surface area (Å²) in [4.78, 5) is 13.3. The number of ether oxygens (including phenoxy) is 2. The minimum absolute atomic E-state index is 0.0312. The number of phenols is 1. The van der Waals surface area contributed by atoms with E-state index in [9.17, 15) is 20.3 Å². The molecule has 1 saturated heterocycles. The second kappa shape index (κ2) is 7.41. The maximum absolute atomic E-state index is 12.5. The van der Waals surface area contributed by atoms with Crippen LogP contribution in [-0.4, -0.2) is 57.0 Å². The molecule has 2 heterocycles. The lowest BCUT2D eigenvalue weighted by atomic mass is 9.48. The van der Waals surface area contributed by atoms with E-state index in [1.165, 1.54) is 18.9 Å². The van der Waals surface area contributed by atoms with Gasteiger partial charge in [-0.2, -0.15) is 0 Å². The van der Waals surface area contributed by atoms with E-state index in [-0.39, 0.29) is 30.2 Å². The number of rotatable bonds is 6. The molecule has 0 unspecified atom stereocenters. The monoisotopic (exact) mass is 478 g/mol. The molecule has 2 aliphatic heterocycles.